The molecule has 4 saturated carbocycles. The highest BCUT2D eigenvalue weighted by atomic mass is 79.9. The summed E-state index contributed by atoms with van der Waals surface area (Å²) < 4.78 is 0.985. The van der Waals surface area contributed by atoms with Crippen LogP contribution in [0.1, 0.15) is 50.5 Å². The van der Waals surface area contributed by atoms with Crippen molar-refractivity contribution in [3.63, 3.8) is 0 Å². The van der Waals surface area contributed by atoms with E-state index in [2.05, 4.69) is 26.5 Å². The highest BCUT2D eigenvalue weighted by Crippen LogP contribution is 2.61. The lowest BCUT2D eigenvalue weighted by Gasteiger charge is -2.56. The van der Waals surface area contributed by atoms with Gasteiger partial charge >= 0.3 is 0 Å². The molecule has 4 bridgehead atoms. The van der Waals surface area contributed by atoms with Gasteiger partial charge in [-0.05, 0) is 67.8 Å². The zero-order valence-corrected chi connectivity index (χ0v) is 14.9. The largest absolute Gasteiger partial charge is 0.273 e. The molecule has 0 aliphatic heterocycles. The van der Waals surface area contributed by atoms with Gasteiger partial charge in [-0.15, -0.1) is 0 Å². The first-order chi connectivity index (χ1) is 11.1. The molecule has 0 heterocycles. The predicted molar refractivity (Wildman–Crippen MR) is 95.1 cm³/mol. The second-order valence-corrected chi connectivity index (χ2v) is 8.76. The van der Waals surface area contributed by atoms with E-state index in [1.807, 2.05) is 24.3 Å². The summed E-state index contributed by atoms with van der Waals surface area (Å²) >= 11 is 3.48. The third-order valence-electron chi connectivity index (χ3n) is 6.00. The smallest absolute Gasteiger partial charge is 0.240 e. The summed E-state index contributed by atoms with van der Waals surface area (Å²) in [4.78, 5) is 12.4. The number of nitrogens with zero attached hydrogens (tertiary/aromatic N) is 1. The molecule has 4 aliphatic carbocycles. The van der Waals surface area contributed by atoms with E-state index in [-0.39, 0.29) is 11.3 Å². The molecule has 0 atom stereocenters. The highest BCUT2D eigenvalue weighted by molar-refractivity contribution is 9.10. The van der Waals surface area contributed by atoms with Crippen molar-refractivity contribution in [3.05, 3.63) is 34.3 Å². The Bertz CT molecular complexity index is 605. The van der Waals surface area contributed by atoms with E-state index < -0.39 is 0 Å². The molecule has 3 nitrogen and oxygen atoms in total. The minimum Gasteiger partial charge on any atom is -0.273 e. The van der Waals surface area contributed by atoms with Gasteiger partial charge < -0.3 is 0 Å². The summed E-state index contributed by atoms with van der Waals surface area (Å²) in [6, 6.07) is 7.87. The fraction of sp³-hybridized carbons (Fsp3) is 0.579. The zero-order chi connectivity index (χ0) is 15.9. The quantitative estimate of drug-likeness (QED) is 0.611. The number of nitrogens with one attached hydrogen (secondary N) is 1. The second-order valence-electron chi connectivity index (χ2n) is 7.91. The van der Waals surface area contributed by atoms with Gasteiger partial charge in [-0.2, -0.15) is 5.10 Å². The molecule has 5 rings (SSSR count). The second kappa shape index (κ2) is 6.04. The molecule has 1 N–H and O–H groups in total. The van der Waals surface area contributed by atoms with Crippen LogP contribution in [-0.2, 0) is 4.79 Å². The summed E-state index contributed by atoms with van der Waals surface area (Å²) in [6.07, 6.45) is 10.4. The lowest BCUT2D eigenvalue weighted by atomic mass is 9.49. The lowest BCUT2D eigenvalue weighted by molar-refractivity contribution is -0.129. The Morgan fingerprint density at radius 1 is 1.17 bits per heavy atom. The van der Waals surface area contributed by atoms with Crippen LogP contribution in [0.25, 0.3) is 0 Å². The van der Waals surface area contributed by atoms with Crippen LogP contribution in [0, 0.1) is 23.2 Å². The molecule has 4 fully saturated rings. The van der Waals surface area contributed by atoms with Gasteiger partial charge in [-0.3, -0.25) is 4.79 Å². The van der Waals surface area contributed by atoms with Crippen molar-refractivity contribution in [2.75, 3.05) is 0 Å². The molecule has 4 heteroatoms. The first-order valence-electron chi connectivity index (χ1n) is 8.68. The molecule has 122 valence electrons. The van der Waals surface area contributed by atoms with E-state index in [4.69, 9.17) is 0 Å². The summed E-state index contributed by atoms with van der Waals surface area (Å²) in [5.74, 6) is 2.74. The number of hydrogen-bond acceptors (Lipinski definition) is 2. The Labute approximate surface area is 146 Å². The van der Waals surface area contributed by atoms with Crippen LogP contribution >= 0.6 is 15.9 Å². The van der Waals surface area contributed by atoms with E-state index >= 15 is 0 Å². The Morgan fingerprint density at radius 2 is 1.78 bits per heavy atom. The van der Waals surface area contributed by atoms with Gasteiger partial charge in [0.2, 0.25) is 5.91 Å². The van der Waals surface area contributed by atoms with Gasteiger partial charge in [0, 0.05) is 16.5 Å². The SMILES string of the molecule is O=C(CC12CC3CC(CC(C3)C1)C2)N/N=C\c1ccccc1Br. The molecular weight excluding hydrogens is 352 g/mol. The average molecular weight is 375 g/mol. The third kappa shape index (κ3) is 3.23. The van der Waals surface area contributed by atoms with Crippen LogP contribution in [0.2, 0.25) is 0 Å². The number of amides is 1. The first-order valence-corrected chi connectivity index (χ1v) is 9.48. The van der Waals surface area contributed by atoms with Crippen molar-refractivity contribution >= 4 is 28.1 Å². The first kappa shape index (κ1) is 15.4. The molecule has 0 spiro atoms. The van der Waals surface area contributed by atoms with Gasteiger partial charge in [-0.1, -0.05) is 34.1 Å². The zero-order valence-electron chi connectivity index (χ0n) is 13.3. The van der Waals surface area contributed by atoms with Crippen LogP contribution in [-0.4, -0.2) is 12.1 Å². The Balaban J connectivity index is 1.36. The minimum atomic E-state index is 0.0789. The molecule has 0 aromatic heterocycles. The molecule has 1 aromatic carbocycles. The number of carbonyl (C=O) groups excluding carboxylic acids is 1. The molecule has 1 aromatic rings. The molecule has 1 amide bonds. The van der Waals surface area contributed by atoms with E-state index in [9.17, 15) is 4.79 Å². The molecular formula is C19H23BrN2O. The van der Waals surface area contributed by atoms with Crippen LogP contribution in [0.5, 0.6) is 0 Å². The summed E-state index contributed by atoms with van der Waals surface area (Å²) in [6.45, 7) is 0. The molecule has 0 radical (unpaired) electrons. The Hall–Kier alpha value is -1.16. The van der Waals surface area contributed by atoms with Crippen molar-refractivity contribution in [2.45, 2.75) is 44.9 Å². The van der Waals surface area contributed by atoms with Crippen LogP contribution in [0.15, 0.2) is 33.8 Å². The van der Waals surface area contributed by atoms with E-state index in [1.54, 1.807) is 6.21 Å². The molecule has 23 heavy (non-hydrogen) atoms. The van der Waals surface area contributed by atoms with Gasteiger partial charge in [0.05, 0.1) is 6.21 Å². The molecule has 0 unspecified atom stereocenters. The van der Waals surface area contributed by atoms with Gasteiger partial charge in [0.15, 0.2) is 0 Å². The maximum atomic E-state index is 12.4. The number of carbonyl (C=O) groups is 1. The van der Waals surface area contributed by atoms with Crippen LogP contribution in [0.4, 0.5) is 0 Å². The van der Waals surface area contributed by atoms with Gasteiger partial charge in [0.1, 0.15) is 0 Å². The van der Waals surface area contributed by atoms with E-state index in [0.29, 0.717) is 6.42 Å². The average Bonchev–Trinajstić information content (AvgIpc) is 2.47. The van der Waals surface area contributed by atoms with Crippen LogP contribution < -0.4 is 5.43 Å². The lowest BCUT2D eigenvalue weighted by Crippen LogP contribution is -2.47. The predicted octanol–water partition coefficient (Wildman–Crippen LogP) is 4.51. The summed E-state index contributed by atoms with van der Waals surface area (Å²) in [7, 11) is 0. The number of hydrazone groups is 1. The summed E-state index contributed by atoms with van der Waals surface area (Å²) in [5.41, 5.74) is 4.00. The maximum absolute atomic E-state index is 12.4. The fourth-order valence-corrected chi connectivity index (χ4v) is 6.03. The Kier molecular flexibility index (Phi) is 4.04. The highest BCUT2D eigenvalue weighted by Gasteiger charge is 2.51. The minimum absolute atomic E-state index is 0.0789. The normalized spacial score (nSPS) is 34.9. The third-order valence-corrected chi connectivity index (χ3v) is 6.72. The fourth-order valence-electron chi connectivity index (χ4n) is 5.64. The van der Waals surface area contributed by atoms with Crippen molar-refractivity contribution in [2.24, 2.45) is 28.3 Å². The van der Waals surface area contributed by atoms with Crippen molar-refractivity contribution in [1.82, 2.24) is 5.43 Å². The number of hydrogen-bond donors (Lipinski definition) is 1. The maximum Gasteiger partial charge on any atom is 0.240 e. The standard InChI is InChI=1S/C19H23BrN2O/c20-17-4-2-1-3-16(17)12-21-22-18(23)11-19-8-13-5-14(9-19)7-15(6-13)10-19/h1-4,12-15H,5-11H2,(H,22,23)/b21-12-. The van der Waals surface area contributed by atoms with E-state index in [0.717, 1.165) is 27.8 Å². The van der Waals surface area contributed by atoms with E-state index in [1.165, 1.54) is 38.5 Å². The number of rotatable bonds is 4. The van der Waals surface area contributed by atoms with Crippen molar-refractivity contribution < 1.29 is 4.79 Å². The van der Waals surface area contributed by atoms with Crippen molar-refractivity contribution in [3.8, 4) is 0 Å². The molecule has 4 aliphatic rings. The number of halogens is 1. The van der Waals surface area contributed by atoms with Crippen LogP contribution in [0.3, 0.4) is 0 Å². The van der Waals surface area contributed by atoms with Gasteiger partial charge in [0.25, 0.3) is 0 Å². The van der Waals surface area contributed by atoms with Gasteiger partial charge in [-0.25, -0.2) is 5.43 Å². The molecule has 0 saturated heterocycles. The summed E-state index contributed by atoms with van der Waals surface area (Å²) in [5, 5.41) is 4.15. The Morgan fingerprint density at radius 3 is 2.39 bits per heavy atom. The monoisotopic (exact) mass is 374 g/mol. The number of benzene rings is 1. The topological polar surface area (TPSA) is 41.5 Å². The van der Waals surface area contributed by atoms with Crippen molar-refractivity contribution in [1.29, 1.82) is 0 Å².